The van der Waals surface area contributed by atoms with E-state index in [2.05, 4.69) is 25.1 Å². The molecule has 1 nitrogen and oxygen atoms in total. The molecule has 1 fully saturated rings. The van der Waals surface area contributed by atoms with Crippen LogP contribution >= 0.6 is 0 Å². The molecule has 0 aromatic heterocycles. The molecule has 0 amide bonds. The largest absolute Gasteiger partial charge is 0.293 e. The fourth-order valence-electron chi connectivity index (χ4n) is 1.98. The number of hydrogen-bond donors (Lipinski definition) is 0. The normalized spacial score (nSPS) is 29.4. The smallest absolute Gasteiger partial charge is 0.0344 e. The molecule has 0 bridgehead atoms. The fraction of sp³-hybridized carbons (Fsp3) is 0.583. The Morgan fingerprint density at radius 2 is 2.31 bits per heavy atom. The topological polar surface area (TPSA) is 12.4 Å². The van der Waals surface area contributed by atoms with E-state index in [9.17, 15) is 0 Å². The van der Waals surface area contributed by atoms with Crippen molar-refractivity contribution in [3.8, 4) is 0 Å². The summed E-state index contributed by atoms with van der Waals surface area (Å²) in [6.07, 6.45) is 5.45. The molecule has 0 radical (unpaired) electrons. The Labute approximate surface area is 81.3 Å². The van der Waals surface area contributed by atoms with Crippen molar-refractivity contribution < 1.29 is 0 Å². The van der Waals surface area contributed by atoms with E-state index in [0.717, 1.165) is 12.1 Å². The summed E-state index contributed by atoms with van der Waals surface area (Å²) in [5.41, 5.74) is 2.52. The number of nitrogens with zero attached hydrogens (tertiary/aromatic N) is 1. The lowest BCUT2D eigenvalue weighted by Crippen LogP contribution is -2.05. The maximum atomic E-state index is 4.19. The summed E-state index contributed by atoms with van der Waals surface area (Å²) in [6.45, 7) is 10.2. The third kappa shape index (κ3) is 2.30. The van der Waals surface area contributed by atoms with Gasteiger partial charge in [0.1, 0.15) is 0 Å². The van der Waals surface area contributed by atoms with Gasteiger partial charge in [0.2, 0.25) is 0 Å². The van der Waals surface area contributed by atoms with E-state index in [-0.39, 0.29) is 0 Å². The highest BCUT2D eigenvalue weighted by atomic mass is 14.7. The van der Waals surface area contributed by atoms with Gasteiger partial charge in [-0.05, 0) is 37.2 Å². The molecule has 2 unspecified atom stereocenters. The number of allylic oxidation sites excluding steroid dienone is 2. The summed E-state index contributed by atoms with van der Waals surface area (Å²) in [5, 5.41) is 0. The summed E-state index contributed by atoms with van der Waals surface area (Å²) < 4.78 is 0. The van der Waals surface area contributed by atoms with Crippen LogP contribution in [0.4, 0.5) is 0 Å². The van der Waals surface area contributed by atoms with Crippen LogP contribution in [-0.4, -0.2) is 12.8 Å². The van der Waals surface area contributed by atoms with Gasteiger partial charge in [-0.15, -0.1) is 0 Å². The molecule has 0 spiro atoms. The maximum Gasteiger partial charge on any atom is 0.0344 e. The first kappa shape index (κ1) is 10.2. The first-order valence-corrected chi connectivity index (χ1v) is 4.95. The lowest BCUT2D eigenvalue weighted by atomic mass is 9.94. The van der Waals surface area contributed by atoms with Crippen molar-refractivity contribution in [1.82, 2.24) is 0 Å². The average molecular weight is 177 g/mol. The Morgan fingerprint density at radius 1 is 1.62 bits per heavy atom. The first-order valence-electron chi connectivity index (χ1n) is 4.95. The van der Waals surface area contributed by atoms with E-state index in [1.165, 1.54) is 18.4 Å². The van der Waals surface area contributed by atoms with Crippen molar-refractivity contribution in [1.29, 1.82) is 0 Å². The molecular weight excluding hydrogens is 158 g/mol. The molecule has 0 aromatic carbocycles. The molecule has 1 heteroatoms. The van der Waals surface area contributed by atoms with Gasteiger partial charge in [0, 0.05) is 12.8 Å². The Morgan fingerprint density at radius 3 is 2.69 bits per heavy atom. The SMILES string of the molecule is C=CC(CC1CCC(C)C1=C)=NC. The molecule has 0 heterocycles. The van der Waals surface area contributed by atoms with Crippen LogP contribution in [0.5, 0.6) is 0 Å². The third-order valence-electron chi connectivity index (χ3n) is 3.08. The zero-order chi connectivity index (χ0) is 9.84. The van der Waals surface area contributed by atoms with E-state index in [0.29, 0.717) is 11.8 Å². The Kier molecular flexibility index (Phi) is 3.47. The van der Waals surface area contributed by atoms with Crippen LogP contribution in [0.25, 0.3) is 0 Å². The van der Waals surface area contributed by atoms with Crippen molar-refractivity contribution in [3.05, 3.63) is 24.8 Å². The third-order valence-corrected chi connectivity index (χ3v) is 3.08. The zero-order valence-corrected chi connectivity index (χ0v) is 8.71. The van der Waals surface area contributed by atoms with Crippen LogP contribution in [0.15, 0.2) is 29.8 Å². The van der Waals surface area contributed by atoms with Crippen LogP contribution in [-0.2, 0) is 0 Å². The molecule has 1 saturated carbocycles. The number of hydrogen-bond acceptors (Lipinski definition) is 1. The van der Waals surface area contributed by atoms with E-state index >= 15 is 0 Å². The van der Waals surface area contributed by atoms with Gasteiger partial charge in [-0.3, -0.25) is 4.99 Å². The summed E-state index contributed by atoms with van der Waals surface area (Å²) in [5.74, 6) is 1.35. The lowest BCUT2D eigenvalue weighted by molar-refractivity contribution is 0.651. The lowest BCUT2D eigenvalue weighted by Gasteiger charge is -2.12. The van der Waals surface area contributed by atoms with E-state index in [1.54, 1.807) is 0 Å². The van der Waals surface area contributed by atoms with Crippen molar-refractivity contribution in [3.63, 3.8) is 0 Å². The van der Waals surface area contributed by atoms with Gasteiger partial charge in [-0.1, -0.05) is 25.7 Å². The zero-order valence-electron chi connectivity index (χ0n) is 8.71. The Bertz CT molecular complexity index is 238. The van der Waals surface area contributed by atoms with Gasteiger partial charge in [0.25, 0.3) is 0 Å². The minimum absolute atomic E-state index is 0.645. The van der Waals surface area contributed by atoms with Gasteiger partial charge in [-0.2, -0.15) is 0 Å². The maximum absolute atomic E-state index is 4.19. The van der Waals surface area contributed by atoms with Crippen LogP contribution in [0.2, 0.25) is 0 Å². The fourth-order valence-corrected chi connectivity index (χ4v) is 1.98. The minimum Gasteiger partial charge on any atom is -0.293 e. The molecule has 0 N–H and O–H groups in total. The first-order chi connectivity index (χ1) is 6.19. The van der Waals surface area contributed by atoms with Gasteiger partial charge >= 0.3 is 0 Å². The highest BCUT2D eigenvalue weighted by molar-refractivity contribution is 5.94. The second-order valence-electron chi connectivity index (χ2n) is 3.87. The molecule has 0 aliphatic heterocycles. The van der Waals surface area contributed by atoms with E-state index in [4.69, 9.17) is 0 Å². The van der Waals surface area contributed by atoms with E-state index in [1.807, 2.05) is 13.1 Å². The van der Waals surface area contributed by atoms with Crippen molar-refractivity contribution in [2.24, 2.45) is 16.8 Å². The monoisotopic (exact) mass is 177 g/mol. The molecule has 1 rings (SSSR count). The van der Waals surface area contributed by atoms with Crippen LogP contribution < -0.4 is 0 Å². The van der Waals surface area contributed by atoms with Crippen LogP contribution in [0, 0.1) is 11.8 Å². The van der Waals surface area contributed by atoms with Gasteiger partial charge in [0.15, 0.2) is 0 Å². The molecule has 0 aromatic rings. The second-order valence-corrected chi connectivity index (χ2v) is 3.87. The second kappa shape index (κ2) is 4.40. The molecule has 1 aliphatic carbocycles. The molecule has 13 heavy (non-hydrogen) atoms. The Balaban J connectivity index is 2.55. The molecule has 0 saturated heterocycles. The molecular formula is C12H19N. The van der Waals surface area contributed by atoms with Gasteiger partial charge < -0.3 is 0 Å². The summed E-state index contributed by atoms with van der Waals surface area (Å²) in [6, 6.07) is 0. The molecule has 1 aliphatic rings. The van der Waals surface area contributed by atoms with Crippen LogP contribution in [0.3, 0.4) is 0 Å². The highest BCUT2D eigenvalue weighted by Gasteiger charge is 2.25. The van der Waals surface area contributed by atoms with Crippen molar-refractivity contribution >= 4 is 5.71 Å². The molecule has 2 atom stereocenters. The average Bonchev–Trinajstić information content (AvgIpc) is 2.45. The number of rotatable bonds is 3. The summed E-state index contributed by atoms with van der Waals surface area (Å²) in [4.78, 5) is 4.19. The predicted molar refractivity (Wildman–Crippen MR) is 59.2 cm³/mol. The summed E-state index contributed by atoms with van der Waals surface area (Å²) in [7, 11) is 1.83. The quantitative estimate of drug-likeness (QED) is 0.463. The number of aliphatic imine (C=N–C) groups is 1. The Hall–Kier alpha value is -0.850. The van der Waals surface area contributed by atoms with E-state index < -0.39 is 0 Å². The van der Waals surface area contributed by atoms with Gasteiger partial charge in [0.05, 0.1) is 0 Å². The minimum atomic E-state index is 0.645. The highest BCUT2D eigenvalue weighted by Crippen LogP contribution is 2.37. The van der Waals surface area contributed by atoms with Gasteiger partial charge in [-0.25, -0.2) is 0 Å². The standard InChI is InChI=1S/C12H19N/c1-5-12(13-4)8-11-7-6-9(2)10(11)3/h5,9,11H,1,3,6-8H2,2,4H3. The summed E-state index contributed by atoms with van der Waals surface area (Å²) >= 11 is 0. The van der Waals surface area contributed by atoms with Crippen LogP contribution in [0.1, 0.15) is 26.2 Å². The predicted octanol–water partition coefficient (Wildman–Crippen LogP) is 3.24. The van der Waals surface area contributed by atoms with Crippen molar-refractivity contribution in [2.45, 2.75) is 26.2 Å². The van der Waals surface area contributed by atoms with Crippen molar-refractivity contribution in [2.75, 3.05) is 7.05 Å². The molecule has 72 valence electrons.